The molecular formula is C26H30O4. The van der Waals surface area contributed by atoms with Crippen molar-refractivity contribution in [1.29, 1.82) is 0 Å². The van der Waals surface area contributed by atoms with Gasteiger partial charge in [0.1, 0.15) is 11.5 Å². The lowest BCUT2D eigenvalue weighted by Crippen LogP contribution is -2.05. The second kappa shape index (κ2) is 9.57. The van der Waals surface area contributed by atoms with E-state index in [1.165, 1.54) is 7.11 Å². The average Bonchev–Trinajstić information content (AvgIpc) is 2.73. The molecule has 3 aromatic rings. The van der Waals surface area contributed by atoms with Crippen LogP contribution in [0.1, 0.15) is 60.4 Å². The Morgan fingerprint density at radius 2 is 1.13 bits per heavy atom. The Morgan fingerprint density at radius 3 is 1.57 bits per heavy atom. The summed E-state index contributed by atoms with van der Waals surface area (Å²) >= 11 is 0. The topological polar surface area (TPSA) is 69.9 Å². The van der Waals surface area contributed by atoms with Gasteiger partial charge in [-0.3, -0.25) is 0 Å². The highest BCUT2D eigenvalue weighted by Gasteiger charge is 2.21. The number of benzene rings is 3. The number of aromatic hydroxyl groups is 3. The van der Waals surface area contributed by atoms with Gasteiger partial charge in [0.25, 0.3) is 0 Å². The quantitative estimate of drug-likeness (QED) is 0.408. The summed E-state index contributed by atoms with van der Waals surface area (Å²) in [5.74, 6) is 0.949. The minimum atomic E-state index is -0.158. The maximum atomic E-state index is 10.4. The number of phenols is 3. The molecule has 0 aromatic heterocycles. The fraction of sp³-hybridized carbons (Fsp3) is 0.308. The maximum absolute atomic E-state index is 10.4. The molecule has 0 spiro atoms. The molecule has 0 saturated heterocycles. The third-order valence-electron chi connectivity index (χ3n) is 5.45. The Kier molecular flexibility index (Phi) is 6.88. The summed E-state index contributed by atoms with van der Waals surface area (Å²) in [4.78, 5) is 0. The van der Waals surface area contributed by atoms with Crippen molar-refractivity contribution in [2.75, 3.05) is 7.11 Å². The fourth-order valence-electron chi connectivity index (χ4n) is 3.97. The predicted octanol–water partition coefficient (Wildman–Crippen LogP) is 5.90. The first-order chi connectivity index (χ1) is 14.5. The van der Waals surface area contributed by atoms with Crippen LogP contribution in [0.15, 0.2) is 54.6 Å². The van der Waals surface area contributed by atoms with Crippen LogP contribution in [-0.2, 0) is 12.8 Å². The highest BCUT2D eigenvalue weighted by atomic mass is 16.5. The molecule has 158 valence electrons. The van der Waals surface area contributed by atoms with Crippen LogP contribution >= 0.6 is 0 Å². The van der Waals surface area contributed by atoms with Gasteiger partial charge < -0.3 is 20.1 Å². The van der Waals surface area contributed by atoms with Crippen molar-refractivity contribution in [3.63, 3.8) is 0 Å². The summed E-state index contributed by atoms with van der Waals surface area (Å²) in [5.41, 5.74) is 4.77. The standard InChI is InChI=1S/C26H30O4/c1-4-6-17-14-19(8-11-22(17)27)26(21-10-13-25(30-3)24(29)16-21)20-9-12-23(28)18(15-20)7-5-2/h8-16,26-29H,4-7H2,1-3H3. The molecule has 30 heavy (non-hydrogen) atoms. The molecule has 4 nitrogen and oxygen atoms in total. The molecule has 0 aliphatic rings. The minimum absolute atomic E-state index is 0.0834. The number of methoxy groups -OCH3 is 1. The third kappa shape index (κ3) is 4.54. The number of hydrogen-bond donors (Lipinski definition) is 3. The van der Waals surface area contributed by atoms with Gasteiger partial charge >= 0.3 is 0 Å². The van der Waals surface area contributed by atoms with Crippen LogP contribution in [0.4, 0.5) is 0 Å². The molecule has 3 N–H and O–H groups in total. The summed E-state index contributed by atoms with van der Waals surface area (Å²) in [5, 5.41) is 30.9. The Bertz CT molecular complexity index is 954. The number of phenolic OH excluding ortho intramolecular Hbond substituents is 3. The SMILES string of the molecule is CCCc1cc(C(c2ccc(OC)c(O)c2)c2ccc(O)c(CCC)c2)ccc1O. The molecule has 0 saturated carbocycles. The third-order valence-corrected chi connectivity index (χ3v) is 5.45. The van der Waals surface area contributed by atoms with Crippen molar-refractivity contribution in [2.24, 2.45) is 0 Å². The average molecular weight is 407 g/mol. The van der Waals surface area contributed by atoms with Gasteiger partial charge in [0, 0.05) is 5.92 Å². The summed E-state index contributed by atoms with van der Waals surface area (Å²) in [6, 6.07) is 16.8. The van der Waals surface area contributed by atoms with Crippen LogP contribution < -0.4 is 4.74 Å². The van der Waals surface area contributed by atoms with Crippen molar-refractivity contribution in [2.45, 2.75) is 45.4 Å². The van der Waals surface area contributed by atoms with E-state index in [4.69, 9.17) is 4.74 Å². The Balaban J connectivity index is 2.18. The highest BCUT2D eigenvalue weighted by Crippen LogP contribution is 2.39. The monoisotopic (exact) mass is 406 g/mol. The molecular weight excluding hydrogens is 376 g/mol. The lowest BCUT2D eigenvalue weighted by atomic mass is 9.83. The van der Waals surface area contributed by atoms with Crippen LogP contribution in [0.25, 0.3) is 0 Å². The second-order valence-electron chi connectivity index (χ2n) is 7.64. The van der Waals surface area contributed by atoms with Crippen LogP contribution in [0.5, 0.6) is 23.0 Å². The van der Waals surface area contributed by atoms with E-state index in [0.717, 1.165) is 53.5 Å². The molecule has 0 unspecified atom stereocenters. The van der Waals surface area contributed by atoms with Gasteiger partial charge in [-0.2, -0.15) is 0 Å². The Labute approximate surface area is 178 Å². The fourth-order valence-corrected chi connectivity index (χ4v) is 3.97. The second-order valence-corrected chi connectivity index (χ2v) is 7.64. The lowest BCUT2D eigenvalue weighted by Gasteiger charge is -2.22. The molecule has 0 radical (unpaired) electrons. The van der Waals surface area contributed by atoms with E-state index in [0.29, 0.717) is 17.2 Å². The molecule has 0 aliphatic heterocycles. The summed E-state index contributed by atoms with van der Waals surface area (Å²) in [7, 11) is 1.53. The molecule has 0 fully saturated rings. The molecule has 0 heterocycles. The van der Waals surface area contributed by atoms with Gasteiger partial charge in [-0.15, -0.1) is 0 Å². The molecule has 3 aromatic carbocycles. The number of hydrogen-bond acceptors (Lipinski definition) is 4. The Morgan fingerprint density at radius 1 is 0.667 bits per heavy atom. The van der Waals surface area contributed by atoms with Gasteiger partial charge in [0.05, 0.1) is 7.11 Å². The molecule has 0 amide bonds. The number of ether oxygens (including phenoxy) is 1. The number of aryl methyl sites for hydroxylation is 2. The smallest absolute Gasteiger partial charge is 0.160 e. The molecule has 3 rings (SSSR count). The summed E-state index contributed by atoms with van der Waals surface area (Å²) in [6.07, 6.45) is 3.45. The molecule has 0 aliphatic carbocycles. The zero-order valence-electron chi connectivity index (χ0n) is 17.9. The molecule has 4 heteroatoms. The van der Waals surface area contributed by atoms with Gasteiger partial charge in [0.15, 0.2) is 11.5 Å². The van der Waals surface area contributed by atoms with Crippen LogP contribution in [0.3, 0.4) is 0 Å². The van der Waals surface area contributed by atoms with E-state index in [9.17, 15) is 15.3 Å². The first-order valence-electron chi connectivity index (χ1n) is 10.5. The molecule has 0 atom stereocenters. The maximum Gasteiger partial charge on any atom is 0.160 e. The van der Waals surface area contributed by atoms with E-state index in [-0.39, 0.29) is 11.7 Å². The van der Waals surface area contributed by atoms with Crippen molar-refractivity contribution in [3.8, 4) is 23.0 Å². The summed E-state index contributed by atoms with van der Waals surface area (Å²) < 4.78 is 5.21. The van der Waals surface area contributed by atoms with E-state index >= 15 is 0 Å². The van der Waals surface area contributed by atoms with Gasteiger partial charge in [0.2, 0.25) is 0 Å². The van der Waals surface area contributed by atoms with Crippen LogP contribution in [0.2, 0.25) is 0 Å². The van der Waals surface area contributed by atoms with Gasteiger partial charge in [-0.05, 0) is 64.9 Å². The zero-order valence-corrected chi connectivity index (χ0v) is 17.9. The zero-order chi connectivity index (χ0) is 21.7. The molecule has 0 bridgehead atoms. The van der Waals surface area contributed by atoms with Crippen molar-refractivity contribution in [1.82, 2.24) is 0 Å². The summed E-state index contributed by atoms with van der Waals surface area (Å²) in [6.45, 7) is 4.17. The van der Waals surface area contributed by atoms with Gasteiger partial charge in [-0.25, -0.2) is 0 Å². The first-order valence-corrected chi connectivity index (χ1v) is 10.5. The van der Waals surface area contributed by atoms with Crippen LogP contribution in [-0.4, -0.2) is 22.4 Å². The van der Waals surface area contributed by atoms with E-state index in [1.807, 2.05) is 30.3 Å². The van der Waals surface area contributed by atoms with Crippen LogP contribution in [0, 0.1) is 0 Å². The highest BCUT2D eigenvalue weighted by molar-refractivity contribution is 5.52. The predicted molar refractivity (Wildman–Crippen MR) is 120 cm³/mol. The van der Waals surface area contributed by atoms with E-state index in [1.54, 1.807) is 24.3 Å². The van der Waals surface area contributed by atoms with Crippen molar-refractivity contribution < 1.29 is 20.1 Å². The van der Waals surface area contributed by atoms with Gasteiger partial charge in [-0.1, -0.05) is 57.0 Å². The lowest BCUT2D eigenvalue weighted by molar-refractivity contribution is 0.373. The van der Waals surface area contributed by atoms with E-state index in [2.05, 4.69) is 13.8 Å². The van der Waals surface area contributed by atoms with E-state index < -0.39 is 0 Å². The Hall–Kier alpha value is -3.14. The van der Waals surface area contributed by atoms with Crippen molar-refractivity contribution >= 4 is 0 Å². The van der Waals surface area contributed by atoms with Crippen molar-refractivity contribution in [3.05, 3.63) is 82.4 Å². The normalized spacial score (nSPS) is 11.1. The first kappa shape index (κ1) is 21.6. The number of rotatable bonds is 8. The minimum Gasteiger partial charge on any atom is -0.508 e. The largest absolute Gasteiger partial charge is 0.508 e.